The standard InChI is InChI=1S/C12H22N2O5S/c1-12(2,3)19-11(18)13-6-4-5-9(15)14-8(7-20)10(16)17/h8,20H,4-7H2,1-3H3,(H,13,18)(H,14,15)(H,16,17)/t8-/m0/s1. The summed E-state index contributed by atoms with van der Waals surface area (Å²) in [6.07, 6.45) is -0.0335. The number of hydrogen-bond acceptors (Lipinski definition) is 5. The summed E-state index contributed by atoms with van der Waals surface area (Å²) < 4.78 is 5.02. The third-order valence-corrected chi connectivity index (χ3v) is 2.43. The van der Waals surface area contributed by atoms with Crippen molar-refractivity contribution in [3.8, 4) is 0 Å². The van der Waals surface area contributed by atoms with E-state index in [1.54, 1.807) is 20.8 Å². The van der Waals surface area contributed by atoms with Gasteiger partial charge in [0.1, 0.15) is 11.6 Å². The van der Waals surface area contributed by atoms with Crippen LogP contribution in [0.4, 0.5) is 4.79 Å². The highest BCUT2D eigenvalue weighted by molar-refractivity contribution is 7.80. The van der Waals surface area contributed by atoms with Crippen LogP contribution in [-0.4, -0.2) is 47.0 Å². The Morgan fingerprint density at radius 1 is 1.30 bits per heavy atom. The van der Waals surface area contributed by atoms with Crippen LogP contribution >= 0.6 is 12.6 Å². The number of amides is 2. The van der Waals surface area contributed by atoms with Crippen molar-refractivity contribution in [1.29, 1.82) is 0 Å². The van der Waals surface area contributed by atoms with Gasteiger partial charge in [0.2, 0.25) is 5.91 Å². The Hall–Kier alpha value is -1.44. The Bertz CT molecular complexity index is 354. The Kier molecular flexibility index (Phi) is 8.05. The molecular weight excluding hydrogens is 284 g/mol. The Balaban J connectivity index is 3.82. The number of alkyl carbamates (subject to hydrolysis) is 1. The molecule has 0 radical (unpaired) electrons. The quantitative estimate of drug-likeness (QED) is 0.411. The van der Waals surface area contributed by atoms with Crippen LogP contribution in [0.2, 0.25) is 0 Å². The minimum Gasteiger partial charge on any atom is -0.480 e. The largest absolute Gasteiger partial charge is 0.480 e. The fourth-order valence-electron chi connectivity index (χ4n) is 1.21. The first-order valence-corrected chi connectivity index (χ1v) is 6.89. The fraction of sp³-hybridized carbons (Fsp3) is 0.750. The van der Waals surface area contributed by atoms with Gasteiger partial charge in [0.25, 0.3) is 0 Å². The normalized spacial score (nSPS) is 12.4. The first kappa shape index (κ1) is 18.6. The molecule has 116 valence electrons. The van der Waals surface area contributed by atoms with Gasteiger partial charge in [-0.05, 0) is 27.2 Å². The lowest BCUT2D eigenvalue weighted by molar-refractivity contribution is -0.141. The maximum atomic E-state index is 11.4. The zero-order valence-corrected chi connectivity index (χ0v) is 12.8. The van der Waals surface area contributed by atoms with E-state index in [9.17, 15) is 14.4 Å². The maximum absolute atomic E-state index is 11.4. The topological polar surface area (TPSA) is 105 Å². The van der Waals surface area contributed by atoms with E-state index in [1.807, 2.05) is 0 Å². The summed E-state index contributed by atoms with van der Waals surface area (Å²) >= 11 is 3.84. The van der Waals surface area contributed by atoms with Crippen molar-refractivity contribution >= 4 is 30.6 Å². The lowest BCUT2D eigenvalue weighted by Gasteiger charge is -2.19. The molecule has 0 aromatic carbocycles. The average Bonchev–Trinajstić information content (AvgIpc) is 2.29. The SMILES string of the molecule is CC(C)(C)OC(=O)NCCCC(=O)N[C@@H](CS)C(=O)O. The second-order valence-electron chi connectivity index (χ2n) is 5.17. The maximum Gasteiger partial charge on any atom is 0.407 e. The number of ether oxygens (including phenoxy) is 1. The van der Waals surface area contributed by atoms with E-state index in [-0.39, 0.29) is 18.7 Å². The lowest BCUT2D eigenvalue weighted by atomic mass is 10.2. The van der Waals surface area contributed by atoms with Crippen molar-refractivity contribution in [3.05, 3.63) is 0 Å². The van der Waals surface area contributed by atoms with Gasteiger partial charge in [0.15, 0.2) is 0 Å². The fourth-order valence-corrected chi connectivity index (χ4v) is 1.45. The predicted octanol–water partition coefficient (Wildman–Crippen LogP) is 0.790. The number of nitrogens with one attached hydrogen (secondary N) is 2. The number of carbonyl (C=O) groups is 3. The van der Waals surface area contributed by atoms with Crippen LogP contribution in [0, 0.1) is 0 Å². The minimum atomic E-state index is -1.12. The summed E-state index contributed by atoms with van der Waals surface area (Å²) in [7, 11) is 0. The molecule has 0 spiro atoms. The molecule has 7 nitrogen and oxygen atoms in total. The molecule has 0 heterocycles. The third-order valence-electron chi connectivity index (χ3n) is 2.06. The highest BCUT2D eigenvalue weighted by atomic mass is 32.1. The second kappa shape index (κ2) is 8.68. The number of carbonyl (C=O) groups excluding carboxylic acids is 2. The molecule has 0 rings (SSSR count). The van der Waals surface area contributed by atoms with Gasteiger partial charge in [-0.15, -0.1) is 0 Å². The molecule has 0 aromatic rings. The highest BCUT2D eigenvalue weighted by Crippen LogP contribution is 2.06. The summed E-state index contributed by atoms with van der Waals surface area (Å²) in [5.41, 5.74) is -0.567. The van der Waals surface area contributed by atoms with Crippen LogP contribution in [0.25, 0.3) is 0 Å². The van der Waals surface area contributed by atoms with Crippen LogP contribution in [0.5, 0.6) is 0 Å². The summed E-state index contributed by atoms with van der Waals surface area (Å²) in [6.45, 7) is 5.54. The number of aliphatic carboxylic acids is 1. The molecule has 1 atom stereocenters. The molecule has 8 heteroatoms. The van der Waals surface area contributed by atoms with E-state index < -0.39 is 29.6 Å². The number of rotatable bonds is 7. The molecule has 0 aromatic heterocycles. The molecule has 0 aliphatic carbocycles. The van der Waals surface area contributed by atoms with E-state index in [0.717, 1.165) is 0 Å². The Labute approximate surface area is 123 Å². The molecule has 3 N–H and O–H groups in total. The van der Waals surface area contributed by atoms with Gasteiger partial charge in [0.05, 0.1) is 0 Å². The summed E-state index contributed by atoms with van der Waals surface area (Å²) in [5.74, 6) is -1.49. The van der Waals surface area contributed by atoms with Crippen LogP contribution in [-0.2, 0) is 14.3 Å². The molecular formula is C12H22N2O5S. The van der Waals surface area contributed by atoms with Crippen molar-refractivity contribution in [1.82, 2.24) is 10.6 Å². The zero-order valence-electron chi connectivity index (χ0n) is 11.9. The molecule has 0 aliphatic rings. The van der Waals surface area contributed by atoms with Crippen LogP contribution < -0.4 is 10.6 Å². The van der Waals surface area contributed by atoms with Gasteiger partial charge in [-0.1, -0.05) is 0 Å². The second-order valence-corrected chi connectivity index (χ2v) is 5.54. The minimum absolute atomic E-state index is 0.0250. The molecule has 2 amide bonds. The van der Waals surface area contributed by atoms with Crippen molar-refractivity contribution < 1.29 is 24.2 Å². The lowest BCUT2D eigenvalue weighted by Crippen LogP contribution is -2.42. The van der Waals surface area contributed by atoms with Gasteiger partial charge in [0, 0.05) is 18.7 Å². The van der Waals surface area contributed by atoms with E-state index >= 15 is 0 Å². The molecule has 0 unspecified atom stereocenters. The smallest absolute Gasteiger partial charge is 0.407 e. The third kappa shape index (κ3) is 9.48. The van der Waals surface area contributed by atoms with Gasteiger partial charge in [-0.3, -0.25) is 4.79 Å². The molecule has 0 saturated carbocycles. The average molecular weight is 306 g/mol. The van der Waals surface area contributed by atoms with E-state index in [2.05, 4.69) is 23.3 Å². The van der Waals surface area contributed by atoms with Crippen LogP contribution in [0.1, 0.15) is 33.6 Å². The summed E-state index contributed by atoms with van der Waals surface area (Å²) in [4.78, 5) is 33.4. The molecule has 0 bridgehead atoms. The van der Waals surface area contributed by atoms with E-state index in [1.165, 1.54) is 0 Å². The summed E-state index contributed by atoms with van der Waals surface area (Å²) in [6, 6.07) is -0.996. The Morgan fingerprint density at radius 2 is 1.90 bits per heavy atom. The van der Waals surface area contributed by atoms with E-state index in [0.29, 0.717) is 6.42 Å². The number of carboxylic acids is 1. The molecule has 20 heavy (non-hydrogen) atoms. The van der Waals surface area contributed by atoms with Crippen LogP contribution in [0.3, 0.4) is 0 Å². The molecule has 0 aliphatic heterocycles. The first-order valence-electron chi connectivity index (χ1n) is 6.25. The van der Waals surface area contributed by atoms with Gasteiger partial charge in [-0.2, -0.15) is 12.6 Å². The van der Waals surface area contributed by atoms with Crippen molar-refractivity contribution in [2.45, 2.75) is 45.3 Å². The molecule has 0 saturated heterocycles. The van der Waals surface area contributed by atoms with Crippen molar-refractivity contribution in [3.63, 3.8) is 0 Å². The highest BCUT2D eigenvalue weighted by Gasteiger charge is 2.18. The number of hydrogen-bond donors (Lipinski definition) is 4. The monoisotopic (exact) mass is 306 g/mol. The zero-order chi connectivity index (χ0) is 15.8. The van der Waals surface area contributed by atoms with Gasteiger partial charge in [-0.25, -0.2) is 9.59 Å². The van der Waals surface area contributed by atoms with Crippen molar-refractivity contribution in [2.75, 3.05) is 12.3 Å². The van der Waals surface area contributed by atoms with Gasteiger partial charge < -0.3 is 20.5 Å². The Morgan fingerprint density at radius 3 is 2.35 bits per heavy atom. The number of thiol groups is 1. The van der Waals surface area contributed by atoms with Gasteiger partial charge >= 0.3 is 12.1 Å². The predicted molar refractivity (Wildman–Crippen MR) is 76.9 cm³/mol. The molecule has 0 fully saturated rings. The summed E-state index contributed by atoms with van der Waals surface area (Å²) in [5, 5.41) is 13.6. The van der Waals surface area contributed by atoms with Crippen molar-refractivity contribution in [2.24, 2.45) is 0 Å². The van der Waals surface area contributed by atoms with Crippen LogP contribution in [0.15, 0.2) is 0 Å². The van der Waals surface area contributed by atoms with E-state index in [4.69, 9.17) is 9.84 Å². The number of carboxylic acid groups (broad SMARTS) is 1. The first-order chi connectivity index (χ1) is 9.15.